The molecule has 0 fully saturated rings. The van der Waals surface area contributed by atoms with Crippen molar-refractivity contribution in [3.8, 4) is 0 Å². The SMILES string of the molecule is COCC(O)CSC(C)C(C)O. The maximum atomic E-state index is 9.25. The molecule has 0 aromatic heterocycles. The zero-order chi connectivity index (χ0) is 9.56. The summed E-state index contributed by atoms with van der Waals surface area (Å²) in [6, 6.07) is 0. The molecule has 4 heteroatoms. The van der Waals surface area contributed by atoms with Crippen LogP contribution in [0.4, 0.5) is 0 Å². The van der Waals surface area contributed by atoms with Gasteiger partial charge in [-0.15, -0.1) is 0 Å². The van der Waals surface area contributed by atoms with E-state index in [0.717, 1.165) is 0 Å². The summed E-state index contributed by atoms with van der Waals surface area (Å²) in [5.74, 6) is 0.611. The highest BCUT2D eigenvalue weighted by Crippen LogP contribution is 2.15. The molecule has 0 rings (SSSR count). The van der Waals surface area contributed by atoms with E-state index in [0.29, 0.717) is 12.4 Å². The molecule has 74 valence electrons. The van der Waals surface area contributed by atoms with Crippen molar-refractivity contribution in [1.82, 2.24) is 0 Å². The van der Waals surface area contributed by atoms with Crippen LogP contribution in [0.25, 0.3) is 0 Å². The molecule has 0 aliphatic carbocycles. The van der Waals surface area contributed by atoms with E-state index in [1.54, 1.807) is 25.8 Å². The quantitative estimate of drug-likeness (QED) is 0.646. The van der Waals surface area contributed by atoms with Crippen LogP contribution in [0.15, 0.2) is 0 Å². The van der Waals surface area contributed by atoms with E-state index in [1.807, 2.05) is 6.92 Å². The van der Waals surface area contributed by atoms with Gasteiger partial charge < -0.3 is 14.9 Å². The number of thioether (sulfide) groups is 1. The van der Waals surface area contributed by atoms with Crippen LogP contribution in [0.5, 0.6) is 0 Å². The summed E-state index contributed by atoms with van der Waals surface area (Å²) in [7, 11) is 1.56. The maximum absolute atomic E-state index is 9.25. The lowest BCUT2D eigenvalue weighted by molar-refractivity contribution is 0.0792. The van der Waals surface area contributed by atoms with Gasteiger partial charge in [-0.3, -0.25) is 0 Å². The molecule has 3 atom stereocenters. The van der Waals surface area contributed by atoms with Crippen LogP contribution in [0.3, 0.4) is 0 Å². The number of methoxy groups -OCH3 is 1. The zero-order valence-electron chi connectivity index (χ0n) is 7.86. The molecule has 3 unspecified atom stereocenters. The maximum Gasteiger partial charge on any atom is 0.0863 e. The van der Waals surface area contributed by atoms with Crippen LogP contribution in [-0.2, 0) is 4.74 Å². The first kappa shape index (κ1) is 12.2. The molecule has 0 aliphatic heterocycles. The third-order valence-electron chi connectivity index (χ3n) is 1.59. The molecule has 0 amide bonds. The Morgan fingerprint density at radius 1 is 1.33 bits per heavy atom. The number of hydrogen-bond acceptors (Lipinski definition) is 4. The van der Waals surface area contributed by atoms with Crippen molar-refractivity contribution in [3.63, 3.8) is 0 Å². The van der Waals surface area contributed by atoms with Crippen LogP contribution >= 0.6 is 11.8 Å². The number of aliphatic hydroxyl groups is 2. The lowest BCUT2D eigenvalue weighted by atomic mass is 10.3. The molecule has 2 N–H and O–H groups in total. The molecule has 3 nitrogen and oxygen atoms in total. The van der Waals surface area contributed by atoms with Crippen LogP contribution in [0.1, 0.15) is 13.8 Å². The van der Waals surface area contributed by atoms with Crippen LogP contribution in [-0.4, -0.2) is 47.1 Å². The van der Waals surface area contributed by atoms with Gasteiger partial charge >= 0.3 is 0 Å². The number of rotatable bonds is 6. The molecule has 0 aromatic rings. The van der Waals surface area contributed by atoms with Crippen molar-refractivity contribution >= 4 is 11.8 Å². The Bertz CT molecular complexity index is 108. The van der Waals surface area contributed by atoms with Gasteiger partial charge in [0.25, 0.3) is 0 Å². The lowest BCUT2D eigenvalue weighted by Gasteiger charge is -2.16. The Morgan fingerprint density at radius 3 is 2.33 bits per heavy atom. The summed E-state index contributed by atoms with van der Waals surface area (Å²) in [5.41, 5.74) is 0. The number of ether oxygens (including phenoxy) is 1. The third kappa shape index (κ3) is 5.83. The van der Waals surface area contributed by atoms with Crippen molar-refractivity contribution in [3.05, 3.63) is 0 Å². The van der Waals surface area contributed by atoms with Gasteiger partial charge in [0.05, 0.1) is 18.8 Å². The van der Waals surface area contributed by atoms with E-state index in [4.69, 9.17) is 9.84 Å². The van der Waals surface area contributed by atoms with Gasteiger partial charge in [-0.25, -0.2) is 0 Å². The highest BCUT2D eigenvalue weighted by atomic mass is 32.2. The van der Waals surface area contributed by atoms with E-state index in [2.05, 4.69) is 0 Å². The fourth-order valence-electron chi connectivity index (χ4n) is 0.643. The van der Waals surface area contributed by atoms with E-state index in [1.165, 1.54) is 0 Å². The predicted molar refractivity (Wildman–Crippen MR) is 51.5 cm³/mol. The number of aliphatic hydroxyl groups excluding tert-OH is 2. The minimum absolute atomic E-state index is 0.163. The molecular weight excluding hydrogens is 176 g/mol. The molecule has 0 bridgehead atoms. The molecule has 0 saturated carbocycles. The normalized spacial score (nSPS) is 18.8. The molecule has 0 spiro atoms. The van der Waals surface area contributed by atoms with E-state index >= 15 is 0 Å². The molecule has 0 aliphatic rings. The lowest BCUT2D eigenvalue weighted by Crippen LogP contribution is -2.22. The molecular formula is C8H18O3S. The first-order valence-corrected chi connectivity index (χ1v) is 5.09. The first-order valence-electron chi connectivity index (χ1n) is 4.04. The summed E-state index contributed by atoms with van der Waals surface area (Å²) in [5, 5.41) is 18.5. The number of hydrogen-bond donors (Lipinski definition) is 2. The average Bonchev–Trinajstić information content (AvgIpc) is 2.00. The van der Waals surface area contributed by atoms with Gasteiger partial charge in [0.15, 0.2) is 0 Å². The summed E-state index contributed by atoms with van der Waals surface area (Å²) in [6.07, 6.45) is -0.758. The minimum Gasteiger partial charge on any atom is -0.392 e. The highest BCUT2D eigenvalue weighted by molar-refractivity contribution is 7.99. The largest absolute Gasteiger partial charge is 0.392 e. The third-order valence-corrected chi connectivity index (χ3v) is 3.09. The van der Waals surface area contributed by atoms with Crippen LogP contribution < -0.4 is 0 Å². The highest BCUT2D eigenvalue weighted by Gasteiger charge is 2.11. The smallest absolute Gasteiger partial charge is 0.0863 e. The summed E-state index contributed by atoms with van der Waals surface area (Å²) in [6.45, 7) is 4.05. The Morgan fingerprint density at radius 2 is 1.92 bits per heavy atom. The van der Waals surface area contributed by atoms with Gasteiger partial charge in [0.2, 0.25) is 0 Å². The van der Waals surface area contributed by atoms with Crippen molar-refractivity contribution in [2.24, 2.45) is 0 Å². The van der Waals surface area contributed by atoms with Crippen molar-refractivity contribution < 1.29 is 14.9 Å². The van der Waals surface area contributed by atoms with Gasteiger partial charge in [-0.1, -0.05) is 6.92 Å². The Balaban J connectivity index is 3.40. The summed E-state index contributed by atoms with van der Waals surface area (Å²) >= 11 is 1.55. The monoisotopic (exact) mass is 194 g/mol. The van der Waals surface area contributed by atoms with Crippen LogP contribution in [0, 0.1) is 0 Å². The molecule has 12 heavy (non-hydrogen) atoms. The van der Waals surface area contributed by atoms with E-state index in [-0.39, 0.29) is 11.4 Å². The van der Waals surface area contributed by atoms with Gasteiger partial charge in [0.1, 0.15) is 0 Å². The van der Waals surface area contributed by atoms with Gasteiger partial charge in [0, 0.05) is 18.1 Å². The Kier molecular flexibility index (Phi) is 6.84. The summed E-state index contributed by atoms with van der Waals surface area (Å²) < 4.78 is 4.77. The topological polar surface area (TPSA) is 49.7 Å². The predicted octanol–water partition coefficient (Wildman–Crippen LogP) is 0.496. The minimum atomic E-state index is -0.429. The fourth-order valence-corrected chi connectivity index (χ4v) is 1.54. The van der Waals surface area contributed by atoms with E-state index in [9.17, 15) is 5.11 Å². The van der Waals surface area contributed by atoms with Crippen molar-refractivity contribution in [2.75, 3.05) is 19.5 Å². The van der Waals surface area contributed by atoms with Crippen molar-refractivity contribution in [1.29, 1.82) is 0 Å². The molecule has 0 aromatic carbocycles. The van der Waals surface area contributed by atoms with Gasteiger partial charge in [-0.05, 0) is 6.92 Å². The first-order chi connectivity index (χ1) is 5.57. The standard InChI is InChI=1S/C8H18O3S/c1-6(9)7(2)12-5-8(10)4-11-3/h6-10H,4-5H2,1-3H3. The zero-order valence-corrected chi connectivity index (χ0v) is 8.67. The second-order valence-electron chi connectivity index (χ2n) is 2.89. The molecule has 0 heterocycles. The molecule has 0 saturated heterocycles. The molecule has 0 radical (unpaired) electrons. The van der Waals surface area contributed by atoms with Crippen LogP contribution in [0.2, 0.25) is 0 Å². The Labute approximate surface area is 78.1 Å². The van der Waals surface area contributed by atoms with Gasteiger partial charge in [-0.2, -0.15) is 11.8 Å². The Hall–Kier alpha value is 0.230. The second kappa shape index (κ2) is 6.71. The summed E-state index contributed by atoms with van der Waals surface area (Å²) in [4.78, 5) is 0. The van der Waals surface area contributed by atoms with E-state index < -0.39 is 6.10 Å². The average molecular weight is 194 g/mol. The fraction of sp³-hybridized carbons (Fsp3) is 1.00. The van der Waals surface area contributed by atoms with Crippen molar-refractivity contribution in [2.45, 2.75) is 31.3 Å². The second-order valence-corrected chi connectivity index (χ2v) is 4.30.